The summed E-state index contributed by atoms with van der Waals surface area (Å²) in [4.78, 5) is 26.8. The highest BCUT2D eigenvalue weighted by molar-refractivity contribution is 7.90. The maximum atomic E-state index is 13.9. The molecule has 0 aromatic heterocycles. The number of carbonyl (C=O) groups excluding carboxylic acids is 2. The molecule has 0 spiro atoms. The van der Waals surface area contributed by atoms with Crippen LogP contribution >= 0.6 is 0 Å². The van der Waals surface area contributed by atoms with Gasteiger partial charge in [-0.15, -0.1) is 0 Å². The lowest BCUT2D eigenvalue weighted by Crippen LogP contribution is -2.48. The number of alkyl carbamates (subject to hydrolysis) is 1. The molecular weight excluding hydrogens is 580 g/mol. The molecule has 4 rings (SSSR count). The van der Waals surface area contributed by atoms with Gasteiger partial charge in [0.2, 0.25) is 5.91 Å². The average Bonchev–Trinajstić information content (AvgIpc) is 3.26. The Labute approximate surface area is 259 Å². The number of hydrogen-bond donors (Lipinski definition) is 4. The molecule has 44 heavy (non-hydrogen) atoms. The molecule has 0 fully saturated rings. The van der Waals surface area contributed by atoms with Gasteiger partial charge >= 0.3 is 6.09 Å². The Morgan fingerprint density at radius 3 is 2.18 bits per heavy atom. The Morgan fingerprint density at radius 1 is 0.932 bits per heavy atom. The van der Waals surface area contributed by atoms with Crippen molar-refractivity contribution in [3.8, 4) is 0 Å². The fourth-order valence-corrected chi connectivity index (χ4v) is 6.16. The first kappa shape index (κ1) is 33.2. The molecule has 2 amide bonds. The van der Waals surface area contributed by atoms with Crippen LogP contribution in [0.25, 0.3) is 0 Å². The van der Waals surface area contributed by atoms with Crippen molar-refractivity contribution >= 4 is 21.8 Å². The van der Waals surface area contributed by atoms with Crippen molar-refractivity contribution in [2.75, 3.05) is 6.26 Å². The third-order valence-electron chi connectivity index (χ3n) is 7.70. The van der Waals surface area contributed by atoms with Crippen molar-refractivity contribution in [1.29, 1.82) is 0 Å². The predicted molar refractivity (Wildman–Crippen MR) is 168 cm³/mol. The summed E-state index contributed by atoms with van der Waals surface area (Å²) in [7, 11) is -3.40. The first-order valence-electron chi connectivity index (χ1n) is 14.8. The number of aliphatic hydroxyl groups excluding tert-OH is 2. The molecule has 10 heteroatoms. The highest BCUT2D eigenvalue weighted by Crippen LogP contribution is 2.32. The summed E-state index contributed by atoms with van der Waals surface area (Å²) >= 11 is 0. The van der Waals surface area contributed by atoms with Gasteiger partial charge in [0.25, 0.3) is 0 Å². The molecule has 0 heterocycles. The van der Waals surface area contributed by atoms with Crippen LogP contribution in [0, 0.1) is 5.92 Å². The largest absolute Gasteiger partial charge is 0.444 e. The number of benzene rings is 3. The van der Waals surface area contributed by atoms with Crippen LogP contribution < -0.4 is 10.6 Å². The second-order valence-corrected chi connectivity index (χ2v) is 14.5. The highest BCUT2D eigenvalue weighted by atomic mass is 32.2. The van der Waals surface area contributed by atoms with Crippen LogP contribution in [0.15, 0.2) is 83.8 Å². The van der Waals surface area contributed by atoms with Gasteiger partial charge in [-0.1, -0.05) is 66.7 Å². The van der Waals surface area contributed by atoms with Crippen molar-refractivity contribution < 1.29 is 33.0 Å². The number of ether oxygens (including phenoxy) is 1. The summed E-state index contributed by atoms with van der Waals surface area (Å²) in [5, 5.41) is 28.1. The Bertz CT molecular complexity index is 1540. The van der Waals surface area contributed by atoms with E-state index in [0.717, 1.165) is 22.9 Å². The van der Waals surface area contributed by atoms with Crippen molar-refractivity contribution in [3.05, 3.63) is 101 Å². The van der Waals surface area contributed by atoms with Gasteiger partial charge in [0.05, 0.1) is 29.2 Å². The third-order valence-corrected chi connectivity index (χ3v) is 8.83. The molecule has 0 aliphatic heterocycles. The second kappa shape index (κ2) is 13.9. The van der Waals surface area contributed by atoms with Crippen LogP contribution in [0.3, 0.4) is 0 Å². The number of rotatable bonds is 11. The van der Waals surface area contributed by atoms with E-state index in [-0.39, 0.29) is 23.6 Å². The molecule has 1 aliphatic carbocycles. The molecular formula is C34H42N2O7S. The maximum Gasteiger partial charge on any atom is 0.407 e. The summed E-state index contributed by atoms with van der Waals surface area (Å²) < 4.78 is 29.4. The molecule has 236 valence electrons. The van der Waals surface area contributed by atoms with E-state index in [4.69, 9.17) is 4.74 Å². The summed E-state index contributed by atoms with van der Waals surface area (Å²) in [5.74, 6) is -1.14. The fraction of sp³-hybridized carbons (Fsp3) is 0.412. The standard InChI is InChI=1S/C34H42N2O7S/c1-34(2,3)43-33(40)35-28(19-22-10-6-5-7-11-22)29(37)21-25(18-23-14-16-26(17-15-23)44(4,41)42)32(39)36-31-27-13-9-8-12-24(27)20-30(31)38/h5-17,25,28-31,37-38H,18-21H2,1-4H3,(H,35,40)(H,36,39)/t25-,28+,29+,30-,31+/m1/s1. The number of hydrogen-bond acceptors (Lipinski definition) is 7. The molecule has 1 aliphatic rings. The first-order valence-corrected chi connectivity index (χ1v) is 16.7. The topological polar surface area (TPSA) is 142 Å². The van der Waals surface area contributed by atoms with E-state index in [1.807, 2.05) is 54.6 Å². The van der Waals surface area contributed by atoms with E-state index in [9.17, 15) is 28.2 Å². The third kappa shape index (κ3) is 9.14. The SMILES string of the molecule is CC(C)(C)OC(=O)N[C@@H](Cc1ccccc1)[C@@H](O)C[C@@H](Cc1ccc(S(C)(=O)=O)cc1)C(=O)N[C@H]1c2ccccc2C[C@H]1O. The van der Waals surface area contributed by atoms with Crippen molar-refractivity contribution in [3.63, 3.8) is 0 Å². The van der Waals surface area contributed by atoms with E-state index < -0.39 is 51.7 Å². The number of nitrogens with one attached hydrogen (secondary N) is 2. The number of aliphatic hydroxyl groups is 2. The van der Waals surface area contributed by atoms with E-state index in [0.29, 0.717) is 18.4 Å². The van der Waals surface area contributed by atoms with Crippen LogP contribution in [0.2, 0.25) is 0 Å². The second-order valence-electron chi connectivity index (χ2n) is 12.5. The van der Waals surface area contributed by atoms with Gasteiger partial charge in [-0.2, -0.15) is 0 Å². The molecule has 0 radical (unpaired) electrons. The number of fused-ring (bicyclic) bond motifs is 1. The lowest BCUT2D eigenvalue weighted by molar-refractivity contribution is -0.127. The van der Waals surface area contributed by atoms with Crippen LogP contribution in [0.4, 0.5) is 4.79 Å². The lowest BCUT2D eigenvalue weighted by atomic mass is 9.88. The average molecular weight is 623 g/mol. The predicted octanol–water partition coefficient (Wildman–Crippen LogP) is 3.91. The smallest absolute Gasteiger partial charge is 0.407 e. The Kier molecular flexibility index (Phi) is 10.5. The fourth-order valence-electron chi connectivity index (χ4n) is 5.53. The molecule has 3 aromatic carbocycles. The van der Waals surface area contributed by atoms with Crippen LogP contribution in [0.5, 0.6) is 0 Å². The van der Waals surface area contributed by atoms with Crippen molar-refractivity contribution in [2.24, 2.45) is 5.92 Å². The monoisotopic (exact) mass is 622 g/mol. The van der Waals surface area contributed by atoms with E-state index in [1.165, 1.54) is 12.1 Å². The first-order chi connectivity index (χ1) is 20.7. The summed E-state index contributed by atoms with van der Waals surface area (Å²) in [5.41, 5.74) is 2.65. The zero-order valence-electron chi connectivity index (χ0n) is 25.6. The number of carbonyl (C=O) groups is 2. The maximum absolute atomic E-state index is 13.9. The van der Waals surface area contributed by atoms with Crippen LogP contribution in [-0.2, 0) is 38.6 Å². The minimum absolute atomic E-state index is 0.0164. The summed E-state index contributed by atoms with van der Waals surface area (Å²) in [6, 6.07) is 21.9. The Balaban J connectivity index is 1.59. The minimum Gasteiger partial charge on any atom is -0.444 e. The normalized spacial score (nSPS) is 18.5. The quantitative estimate of drug-likeness (QED) is 0.254. The van der Waals surface area contributed by atoms with Crippen LogP contribution in [-0.4, -0.2) is 60.7 Å². The molecule has 5 atom stereocenters. The zero-order chi connectivity index (χ0) is 32.1. The van der Waals surface area contributed by atoms with E-state index in [2.05, 4.69) is 10.6 Å². The van der Waals surface area contributed by atoms with Crippen molar-refractivity contribution in [2.45, 2.75) is 81.2 Å². The highest BCUT2D eigenvalue weighted by Gasteiger charge is 2.35. The number of sulfone groups is 1. The van der Waals surface area contributed by atoms with Crippen LogP contribution in [0.1, 0.15) is 55.5 Å². The molecule has 0 saturated heterocycles. The molecule has 9 nitrogen and oxygen atoms in total. The van der Waals surface area contributed by atoms with Gasteiger partial charge in [0.15, 0.2) is 9.84 Å². The van der Waals surface area contributed by atoms with Gasteiger partial charge in [0, 0.05) is 18.6 Å². The molecule has 0 unspecified atom stereocenters. The summed E-state index contributed by atoms with van der Waals surface area (Å²) in [6.07, 6.45) is -0.595. The van der Waals surface area contributed by atoms with Gasteiger partial charge in [0.1, 0.15) is 5.60 Å². The zero-order valence-corrected chi connectivity index (χ0v) is 26.4. The summed E-state index contributed by atoms with van der Waals surface area (Å²) in [6.45, 7) is 5.25. The van der Waals surface area contributed by atoms with E-state index >= 15 is 0 Å². The Morgan fingerprint density at radius 2 is 1.55 bits per heavy atom. The van der Waals surface area contributed by atoms with Gasteiger partial charge in [-0.25, -0.2) is 13.2 Å². The minimum atomic E-state index is -3.40. The number of amides is 2. The van der Waals surface area contributed by atoms with Crippen molar-refractivity contribution in [1.82, 2.24) is 10.6 Å². The van der Waals surface area contributed by atoms with E-state index in [1.54, 1.807) is 32.9 Å². The molecule has 3 aromatic rings. The molecule has 0 saturated carbocycles. The van der Waals surface area contributed by atoms with Gasteiger partial charge < -0.3 is 25.6 Å². The molecule has 0 bridgehead atoms. The van der Waals surface area contributed by atoms with Gasteiger partial charge in [-0.05, 0) is 74.4 Å². The Hall–Kier alpha value is -3.73. The van der Waals surface area contributed by atoms with Gasteiger partial charge in [-0.3, -0.25) is 4.79 Å². The lowest BCUT2D eigenvalue weighted by Gasteiger charge is -2.29. The molecule has 4 N–H and O–H groups in total.